The van der Waals surface area contributed by atoms with Crippen LogP contribution >= 0.6 is 23.2 Å². The van der Waals surface area contributed by atoms with E-state index in [1.165, 1.54) is 23.9 Å². The highest BCUT2D eigenvalue weighted by Crippen LogP contribution is 2.35. The van der Waals surface area contributed by atoms with Crippen molar-refractivity contribution in [1.82, 2.24) is 9.55 Å². The Morgan fingerprint density at radius 3 is 2.39 bits per heavy atom. The summed E-state index contributed by atoms with van der Waals surface area (Å²) in [6, 6.07) is 2.44. The Hall–Kier alpha value is -1.20. The van der Waals surface area contributed by atoms with Crippen molar-refractivity contribution in [2.24, 2.45) is 7.05 Å². The second kappa shape index (κ2) is 4.48. The van der Waals surface area contributed by atoms with E-state index in [-0.39, 0.29) is 16.4 Å². The molecule has 0 aliphatic rings. The van der Waals surface area contributed by atoms with Crippen LogP contribution in [0.3, 0.4) is 0 Å². The fraction of sp³-hybridized carbons (Fsp3) is 0.182. The number of halogens is 5. The molecular formula is C11H7Cl2F3N2. The van der Waals surface area contributed by atoms with Crippen LogP contribution in [0.5, 0.6) is 0 Å². The van der Waals surface area contributed by atoms with Crippen molar-refractivity contribution in [3.05, 3.63) is 40.1 Å². The van der Waals surface area contributed by atoms with Gasteiger partial charge in [-0.15, -0.1) is 0 Å². The molecule has 2 heterocycles. The van der Waals surface area contributed by atoms with Crippen LogP contribution in [0, 0.1) is 0 Å². The maximum atomic E-state index is 12.6. The van der Waals surface area contributed by atoms with Crippen molar-refractivity contribution < 1.29 is 13.2 Å². The summed E-state index contributed by atoms with van der Waals surface area (Å²) in [5, 5.41) is 0.534. The van der Waals surface area contributed by atoms with E-state index in [4.69, 9.17) is 23.2 Å². The van der Waals surface area contributed by atoms with Crippen molar-refractivity contribution in [3.8, 4) is 11.4 Å². The first kappa shape index (κ1) is 13.2. The van der Waals surface area contributed by atoms with Crippen molar-refractivity contribution >= 4 is 23.2 Å². The highest BCUT2D eigenvalue weighted by atomic mass is 35.5. The topological polar surface area (TPSA) is 17.8 Å². The minimum atomic E-state index is -4.39. The fourth-order valence-electron chi connectivity index (χ4n) is 1.56. The molecular weight excluding hydrogens is 288 g/mol. The lowest BCUT2D eigenvalue weighted by Gasteiger charge is -2.04. The van der Waals surface area contributed by atoms with Gasteiger partial charge in [0.2, 0.25) is 0 Å². The Labute approximate surface area is 111 Å². The van der Waals surface area contributed by atoms with Gasteiger partial charge in [0.25, 0.3) is 0 Å². The van der Waals surface area contributed by atoms with Crippen LogP contribution in [0.4, 0.5) is 13.2 Å². The summed E-state index contributed by atoms with van der Waals surface area (Å²) in [6.45, 7) is 0. The number of alkyl halides is 3. The Balaban J connectivity index is 2.55. The number of pyridine rings is 1. The van der Waals surface area contributed by atoms with Crippen LogP contribution in [0.15, 0.2) is 24.5 Å². The zero-order valence-corrected chi connectivity index (χ0v) is 10.6. The molecule has 0 fully saturated rings. The van der Waals surface area contributed by atoms with E-state index in [0.29, 0.717) is 5.02 Å². The Morgan fingerprint density at radius 2 is 1.89 bits per heavy atom. The van der Waals surface area contributed by atoms with Gasteiger partial charge in [0.1, 0.15) is 5.69 Å². The van der Waals surface area contributed by atoms with Gasteiger partial charge < -0.3 is 4.57 Å². The predicted molar refractivity (Wildman–Crippen MR) is 63.7 cm³/mol. The molecule has 0 unspecified atom stereocenters. The van der Waals surface area contributed by atoms with E-state index in [2.05, 4.69) is 4.98 Å². The lowest BCUT2D eigenvalue weighted by Crippen LogP contribution is -2.02. The first-order chi connectivity index (χ1) is 8.29. The summed E-state index contributed by atoms with van der Waals surface area (Å²) >= 11 is 11.6. The minimum absolute atomic E-state index is 0.206. The van der Waals surface area contributed by atoms with E-state index in [1.54, 1.807) is 0 Å². The van der Waals surface area contributed by atoms with Gasteiger partial charge in [0, 0.05) is 19.4 Å². The standard InChI is InChI=1S/C11H7Cl2F3N2/c1-18-5-6(11(14,15)16)2-9(18)10-8(13)3-7(12)4-17-10/h2-5H,1H3. The van der Waals surface area contributed by atoms with Crippen LogP contribution in [-0.2, 0) is 13.2 Å². The van der Waals surface area contributed by atoms with Crippen LogP contribution in [-0.4, -0.2) is 9.55 Å². The summed E-state index contributed by atoms with van der Waals surface area (Å²) in [5.74, 6) is 0. The molecule has 0 radical (unpaired) electrons. The van der Waals surface area contributed by atoms with Crippen molar-refractivity contribution in [1.29, 1.82) is 0 Å². The third-order valence-corrected chi connectivity index (χ3v) is 2.88. The van der Waals surface area contributed by atoms with E-state index in [1.807, 2.05) is 0 Å². The molecule has 0 aliphatic carbocycles. The van der Waals surface area contributed by atoms with Gasteiger partial charge in [-0.3, -0.25) is 4.98 Å². The second-order valence-corrected chi connectivity index (χ2v) is 4.55. The van der Waals surface area contributed by atoms with E-state index in [0.717, 1.165) is 12.3 Å². The van der Waals surface area contributed by atoms with E-state index < -0.39 is 11.7 Å². The van der Waals surface area contributed by atoms with Crippen LogP contribution < -0.4 is 0 Å². The predicted octanol–water partition coefficient (Wildman–Crippen LogP) is 4.41. The minimum Gasteiger partial charge on any atom is -0.349 e. The molecule has 2 rings (SSSR count). The molecule has 0 saturated heterocycles. The molecule has 0 atom stereocenters. The molecule has 0 amide bonds. The van der Waals surface area contributed by atoms with Crippen LogP contribution in [0.1, 0.15) is 5.56 Å². The smallest absolute Gasteiger partial charge is 0.349 e. The molecule has 18 heavy (non-hydrogen) atoms. The summed E-state index contributed by atoms with van der Waals surface area (Å²) < 4.78 is 39.0. The van der Waals surface area contributed by atoms with Crippen molar-refractivity contribution in [2.45, 2.75) is 6.18 Å². The van der Waals surface area contributed by atoms with Crippen LogP contribution in [0.2, 0.25) is 10.0 Å². The second-order valence-electron chi connectivity index (χ2n) is 3.71. The molecule has 2 nitrogen and oxygen atoms in total. The molecule has 2 aromatic heterocycles. The van der Waals surface area contributed by atoms with E-state index >= 15 is 0 Å². The highest BCUT2D eigenvalue weighted by Gasteiger charge is 2.32. The fourth-order valence-corrected chi connectivity index (χ4v) is 2.03. The highest BCUT2D eigenvalue weighted by molar-refractivity contribution is 6.36. The Bertz CT molecular complexity index is 590. The Kier molecular flexibility index (Phi) is 3.29. The number of rotatable bonds is 1. The zero-order chi connectivity index (χ0) is 13.5. The molecule has 0 spiro atoms. The third-order valence-electron chi connectivity index (χ3n) is 2.38. The SMILES string of the molecule is Cn1cc(C(F)(F)F)cc1-c1ncc(Cl)cc1Cl. The van der Waals surface area contributed by atoms with Crippen molar-refractivity contribution in [2.75, 3.05) is 0 Å². The molecule has 0 aromatic carbocycles. The summed E-state index contributed by atoms with van der Waals surface area (Å²) in [5.41, 5.74) is -0.198. The molecule has 2 aromatic rings. The first-order valence-electron chi connectivity index (χ1n) is 4.84. The quantitative estimate of drug-likeness (QED) is 0.762. The van der Waals surface area contributed by atoms with Gasteiger partial charge in [0.15, 0.2) is 0 Å². The normalized spacial score (nSPS) is 11.9. The van der Waals surface area contributed by atoms with Crippen molar-refractivity contribution in [3.63, 3.8) is 0 Å². The molecule has 0 N–H and O–H groups in total. The number of aryl methyl sites for hydroxylation is 1. The monoisotopic (exact) mass is 294 g/mol. The number of nitrogens with zero attached hydrogens (tertiary/aromatic N) is 2. The lowest BCUT2D eigenvalue weighted by atomic mass is 10.2. The molecule has 0 bridgehead atoms. The largest absolute Gasteiger partial charge is 0.417 e. The van der Waals surface area contributed by atoms with Gasteiger partial charge in [-0.05, 0) is 12.1 Å². The zero-order valence-electron chi connectivity index (χ0n) is 9.09. The van der Waals surface area contributed by atoms with Gasteiger partial charge in [-0.25, -0.2) is 0 Å². The molecule has 96 valence electrons. The van der Waals surface area contributed by atoms with E-state index in [9.17, 15) is 13.2 Å². The van der Waals surface area contributed by atoms with Gasteiger partial charge >= 0.3 is 6.18 Å². The molecule has 0 saturated carbocycles. The summed E-state index contributed by atoms with van der Waals surface area (Å²) in [4.78, 5) is 3.95. The van der Waals surface area contributed by atoms with Crippen LogP contribution in [0.25, 0.3) is 11.4 Å². The maximum Gasteiger partial charge on any atom is 0.417 e. The average molecular weight is 295 g/mol. The molecule has 0 aliphatic heterocycles. The van der Waals surface area contributed by atoms with Gasteiger partial charge in [-0.2, -0.15) is 13.2 Å². The van der Waals surface area contributed by atoms with Gasteiger partial charge in [-0.1, -0.05) is 23.2 Å². The average Bonchev–Trinajstić information content (AvgIpc) is 2.60. The lowest BCUT2D eigenvalue weighted by molar-refractivity contribution is -0.137. The maximum absolute atomic E-state index is 12.6. The molecule has 7 heteroatoms. The Morgan fingerprint density at radius 1 is 1.22 bits per heavy atom. The van der Waals surface area contributed by atoms with Gasteiger partial charge in [0.05, 0.1) is 21.3 Å². The third kappa shape index (κ3) is 2.47. The number of hydrogen-bond donors (Lipinski definition) is 0. The number of hydrogen-bond acceptors (Lipinski definition) is 1. The first-order valence-corrected chi connectivity index (χ1v) is 5.59. The summed E-state index contributed by atoms with van der Waals surface area (Å²) in [7, 11) is 1.50. The summed E-state index contributed by atoms with van der Waals surface area (Å²) in [6.07, 6.45) is -2.07. The number of aromatic nitrogens is 2.